The highest BCUT2D eigenvalue weighted by Crippen LogP contribution is 2.37. The molecule has 0 N–H and O–H groups in total. The highest BCUT2D eigenvalue weighted by molar-refractivity contribution is 5.68. The molecule has 0 saturated carbocycles. The van der Waals surface area contributed by atoms with Crippen LogP contribution in [0.2, 0.25) is 0 Å². The van der Waals surface area contributed by atoms with Gasteiger partial charge in [0.1, 0.15) is 11.3 Å². The Morgan fingerprint density at radius 2 is 1.67 bits per heavy atom. The molecule has 0 fully saturated rings. The van der Waals surface area contributed by atoms with Crippen molar-refractivity contribution in [3.8, 4) is 5.75 Å². The summed E-state index contributed by atoms with van der Waals surface area (Å²) in [6.07, 6.45) is -0.687. The molecule has 2 nitrogen and oxygen atoms in total. The molecule has 30 heavy (non-hydrogen) atoms. The number of rotatable bonds is 6. The quantitative estimate of drug-likeness (QED) is 0.383. The van der Waals surface area contributed by atoms with Crippen molar-refractivity contribution in [1.82, 2.24) is 0 Å². The third-order valence-electron chi connectivity index (χ3n) is 4.66. The van der Waals surface area contributed by atoms with E-state index in [4.69, 9.17) is 4.74 Å². The Hall–Kier alpha value is -2.55. The van der Waals surface area contributed by atoms with Crippen molar-refractivity contribution < 1.29 is 40.2 Å². The first kappa shape index (κ1) is 22.1. The number of hydrogen-bond acceptors (Lipinski definition) is 2. The molecule has 0 radical (unpaired) electrons. The van der Waals surface area contributed by atoms with E-state index in [0.717, 1.165) is 18.9 Å². The van der Waals surface area contributed by atoms with Crippen LogP contribution in [0, 0.1) is 29.1 Å². The summed E-state index contributed by atoms with van der Waals surface area (Å²) in [7, 11) is 0. The van der Waals surface area contributed by atoms with E-state index in [0.29, 0.717) is 18.1 Å². The average Bonchev–Trinajstić information content (AvgIpc) is 2.68. The third kappa shape index (κ3) is 4.45. The highest BCUT2D eigenvalue weighted by atomic mass is 19.3. The Kier molecular flexibility index (Phi) is 6.40. The number of benzene rings is 2. The van der Waals surface area contributed by atoms with Gasteiger partial charge >= 0.3 is 6.11 Å². The zero-order valence-corrected chi connectivity index (χ0v) is 15.8. The second-order valence-electron chi connectivity index (χ2n) is 6.80. The molecule has 0 aliphatic carbocycles. The molecule has 0 bridgehead atoms. The first-order chi connectivity index (χ1) is 14.1. The van der Waals surface area contributed by atoms with Crippen LogP contribution in [0.3, 0.4) is 0 Å². The van der Waals surface area contributed by atoms with Crippen molar-refractivity contribution in [2.75, 3.05) is 6.61 Å². The van der Waals surface area contributed by atoms with Crippen molar-refractivity contribution in [1.29, 1.82) is 0 Å². The Morgan fingerprint density at radius 1 is 1.00 bits per heavy atom. The fourth-order valence-corrected chi connectivity index (χ4v) is 3.14. The zero-order valence-electron chi connectivity index (χ0n) is 15.8. The van der Waals surface area contributed by atoms with Crippen molar-refractivity contribution in [2.24, 2.45) is 0 Å². The van der Waals surface area contributed by atoms with E-state index in [1.54, 1.807) is 6.08 Å². The Morgan fingerprint density at radius 3 is 2.23 bits per heavy atom. The summed E-state index contributed by atoms with van der Waals surface area (Å²) >= 11 is 0. The van der Waals surface area contributed by atoms with Gasteiger partial charge in [-0.15, -0.1) is 0 Å². The number of alkyl halides is 2. The lowest BCUT2D eigenvalue weighted by atomic mass is 9.98. The molecule has 3 rings (SSSR count). The van der Waals surface area contributed by atoms with Gasteiger partial charge in [-0.25, -0.2) is 22.0 Å². The topological polar surface area (TPSA) is 18.5 Å². The van der Waals surface area contributed by atoms with Crippen LogP contribution < -0.4 is 4.74 Å². The van der Waals surface area contributed by atoms with Crippen molar-refractivity contribution in [3.05, 3.63) is 70.6 Å². The van der Waals surface area contributed by atoms with Crippen LogP contribution in [0.5, 0.6) is 5.75 Å². The molecule has 0 aromatic heterocycles. The van der Waals surface area contributed by atoms with Crippen LogP contribution in [0.25, 0.3) is 5.57 Å². The lowest BCUT2D eigenvalue weighted by Gasteiger charge is -2.24. The largest absolute Gasteiger partial charge is 0.429 e. The summed E-state index contributed by atoms with van der Waals surface area (Å²) in [6, 6.07) is 1.91. The van der Waals surface area contributed by atoms with Crippen LogP contribution in [0.1, 0.15) is 37.3 Å². The molecule has 0 saturated heterocycles. The zero-order chi connectivity index (χ0) is 22.1. The molecule has 2 aromatic rings. The monoisotopic (exact) mass is 434 g/mol. The van der Waals surface area contributed by atoms with Gasteiger partial charge in [0.15, 0.2) is 29.1 Å². The fourth-order valence-electron chi connectivity index (χ4n) is 3.14. The summed E-state index contributed by atoms with van der Waals surface area (Å²) in [6.45, 7) is 1.98. The minimum atomic E-state index is -4.48. The predicted molar refractivity (Wildman–Crippen MR) is 94.4 cm³/mol. The molecule has 9 heteroatoms. The number of ether oxygens (including phenoxy) is 2. The molecule has 162 valence electrons. The van der Waals surface area contributed by atoms with E-state index in [1.165, 1.54) is 0 Å². The van der Waals surface area contributed by atoms with Crippen molar-refractivity contribution in [2.45, 2.75) is 38.4 Å². The molecular weight excluding hydrogens is 417 g/mol. The molecule has 1 unspecified atom stereocenters. The Bertz CT molecular complexity index is 949. The Balaban J connectivity index is 1.87. The van der Waals surface area contributed by atoms with E-state index in [2.05, 4.69) is 4.74 Å². The standard InChI is InChI=1S/C21H17F7O2/c1-2-3-12-5-4-11(10-29-12)14-6-7-15(19(25)18(14)24)21(27,28)30-13-8-16(22)20(26)17(23)9-13/h4,6-9,12H,2-3,5,10H2,1H3. The van der Waals surface area contributed by atoms with Crippen LogP contribution in [0.4, 0.5) is 30.7 Å². The summed E-state index contributed by atoms with van der Waals surface area (Å²) in [4.78, 5) is 0. The van der Waals surface area contributed by atoms with Gasteiger partial charge in [-0.3, -0.25) is 0 Å². The minimum Gasteiger partial charge on any atom is -0.429 e. The predicted octanol–water partition coefficient (Wildman–Crippen LogP) is 6.48. The fraction of sp³-hybridized carbons (Fsp3) is 0.333. The molecule has 0 amide bonds. The van der Waals surface area contributed by atoms with E-state index < -0.39 is 46.5 Å². The van der Waals surface area contributed by atoms with Crippen LogP contribution in [-0.2, 0) is 10.8 Å². The summed E-state index contributed by atoms with van der Waals surface area (Å²) in [5.74, 6) is -9.92. The van der Waals surface area contributed by atoms with Gasteiger partial charge in [-0.1, -0.05) is 25.5 Å². The van der Waals surface area contributed by atoms with Gasteiger partial charge in [0.05, 0.1) is 12.7 Å². The maximum Gasteiger partial charge on any atom is 0.429 e. The molecule has 1 heterocycles. The second kappa shape index (κ2) is 8.67. The van der Waals surface area contributed by atoms with Gasteiger partial charge in [-0.05, 0) is 24.5 Å². The minimum absolute atomic E-state index is 0.00139. The van der Waals surface area contributed by atoms with Crippen LogP contribution >= 0.6 is 0 Å². The van der Waals surface area contributed by atoms with Crippen LogP contribution in [0.15, 0.2) is 30.3 Å². The summed E-state index contributed by atoms with van der Waals surface area (Å²) < 4.78 is 107. The molecule has 1 aliphatic rings. The third-order valence-corrected chi connectivity index (χ3v) is 4.66. The van der Waals surface area contributed by atoms with Gasteiger partial charge in [0.25, 0.3) is 0 Å². The molecular formula is C21H17F7O2. The molecule has 1 atom stereocenters. The second-order valence-corrected chi connectivity index (χ2v) is 6.80. The Labute approximate surface area is 167 Å². The number of halogens is 7. The van der Waals surface area contributed by atoms with Gasteiger partial charge in [0, 0.05) is 17.7 Å². The highest BCUT2D eigenvalue weighted by Gasteiger charge is 2.40. The smallest absolute Gasteiger partial charge is 0.429 e. The first-order valence-electron chi connectivity index (χ1n) is 9.14. The maximum absolute atomic E-state index is 14.5. The maximum atomic E-state index is 14.5. The van der Waals surface area contributed by atoms with Gasteiger partial charge < -0.3 is 9.47 Å². The van der Waals surface area contributed by atoms with E-state index >= 15 is 0 Å². The van der Waals surface area contributed by atoms with Crippen molar-refractivity contribution in [3.63, 3.8) is 0 Å². The SMILES string of the molecule is CCCC1CC=C(c2ccc(C(F)(F)Oc3cc(F)c(F)c(F)c3)c(F)c2F)CO1. The molecule has 2 aromatic carbocycles. The number of hydrogen-bond donors (Lipinski definition) is 0. The van der Waals surface area contributed by atoms with Crippen LogP contribution in [-0.4, -0.2) is 12.7 Å². The molecule has 0 spiro atoms. The van der Waals surface area contributed by atoms with E-state index in [1.807, 2.05) is 6.92 Å². The first-order valence-corrected chi connectivity index (χ1v) is 9.14. The van der Waals surface area contributed by atoms with Crippen molar-refractivity contribution >= 4 is 5.57 Å². The molecule has 1 aliphatic heterocycles. The summed E-state index contributed by atoms with van der Waals surface area (Å²) in [5.41, 5.74) is -1.40. The summed E-state index contributed by atoms with van der Waals surface area (Å²) in [5, 5.41) is 0. The lowest BCUT2D eigenvalue weighted by molar-refractivity contribution is -0.188. The van der Waals surface area contributed by atoms with Gasteiger partial charge in [0.2, 0.25) is 0 Å². The average molecular weight is 434 g/mol. The van der Waals surface area contributed by atoms with Gasteiger partial charge in [-0.2, -0.15) is 8.78 Å². The van der Waals surface area contributed by atoms with E-state index in [-0.39, 0.29) is 30.4 Å². The lowest BCUT2D eigenvalue weighted by Crippen LogP contribution is -2.25. The van der Waals surface area contributed by atoms with E-state index in [9.17, 15) is 30.7 Å². The normalized spacial score (nSPS) is 17.1.